The fraction of sp³-hybridized carbons (Fsp3) is 0.200. The molecule has 18 heavy (non-hydrogen) atoms. The summed E-state index contributed by atoms with van der Waals surface area (Å²) in [5.74, 6) is 0.0782. The lowest BCUT2D eigenvalue weighted by atomic mass is 10.1. The zero-order chi connectivity index (χ0) is 12.5. The fourth-order valence-corrected chi connectivity index (χ4v) is 2.37. The Hall–Kier alpha value is -2.16. The Morgan fingerprint density at radius 2 is 1.94 bits per heavy atom. The van der Waals surface area contributed by atoms with E-state index in [1.807, 2.05) is 47.4 Å². The molecule has 0 saturated carbocycles. The highest BCUT2D eigenvalue weighted by Gasteiger charge is 2.31. The minimum Gasteiger partial charge on any atom is -0.326 e. The molecule has 2 heterocycles. The quantitative estimate of drug-likeness (QED) is 0.806. The third-order valence-electron chi connectivity index (χ3n) is 3.45. The molecule has 1 aliphatic rings. The van der Waals surface area contributed by atoms with Crippen molar-refractivity contribution in [1.29, 1.82) is 0 Å². The van der Waals surface area contributed by atoms with Crippen molar-refractivity contribution in [2.45, 2.75) is 19.5 Å². The largest absolute Gasteiger partial charge is 0.326 e. The standard InChI is InChI=1S/C15H14N2O/c1-11(12-6-3-2-4-7-12)17-10-14-13(15(17)18)8-5-9-16-14/h2-9,11H,10H2,1H3/t11-/m1/s1. The second-order valence-electron chi connectivity index (χ2n) is 4.52. The zero-order valence-corrected chi connectivity index (χ0v) is 10.2. The highest BCUT2D eigenvalue weighted by atomic mass is 16.2. The first-order chi connectivity index (χ1) is 8.77. The number of pyridine rings is 1. The molecule has 0 fully saturated rings. The molecule has 90 valence electrons. The average molecular weight is 238 g/mol. The topological polar surface area (TPSA) is 33.2 Å². The van der Waals surface area contributed by atoms with Gasteiger partial charge in [-0.2, -0.15) is 0 Å². The maximum absolute atomic E-state index is 12.3. The van der Waals surface area contributed by atoms with Crippen LogP contribution in [0.4, 0.5) is 0 Å². The molecule has 1 aromatic carbocycles. The molecule has 1 aliphatic heterocycles. The molecule has 0 saturated heterocycles. The second kappa shape index (κ2) is 4.26. The number of rotatable bonds is 2. The van der Waals surface area contributed by atoms with Gasteiger partial charge >= 0.3 is 0 Å². The van der Waals surface area contributed by atoms with E-state index in [1.165, 1.54) is 0 Å². The lowest BCUT2D eigenvalue weighted by molar-refractivity contribution is 0.0715. The first kappa shape index (κ1) is 11.0. The van der Waals surface area contributed by atoms with Crippen molar-refractivity contribution in [2.75, 3.05) is 0 Å². The summed E-state index contributed by atoms with van der Waals surface area (Å²) < 4.78 is 0. The van der Waals surface area contributed by atoms with Gasteiger partial charge in [0.05, 0.1) is 23.8 Å². The smallest absolute Gasteiger partial charge is 0.256 e. The monoisotopic (exact) mass is 238 g/mol. The van der Waals surface area contributed by atoms with E-state index in [1.54, 1.807) is 6.20 Å². The van der Waals surface area contributed by atoms with Crippen LogP contribution in [-0.2, 0) is 6.54 Å². The minimum atomic E-state index is 0.0768. The van der Waals surface area contributed by atoms with E-state index in [4.69, 9.17) is 0 Å². The molecule has 0 unspecified atom stereocenters. The van der Waals surface area contributed by atoms with E-state index in [-0.39, 0.29) is 11.9 Å². The van der Waals surface area contributed by atoms with E-state index >= 15 is 0 Å². The Bertz CT molecular complexity index is 580. The Morgan fingerprint density at radius 1 is 1.17 bits per heavy atom. The van der Waals surface area contributed by atoms with Crippen LogP contribution in [0.3, 0.4) is 0 Å². The number of benzene rings is 1. The van der Waals surface area contributed by atoms with E-state index in [0.717, 1.165) is 16.8 Å². The summed E-state index contributed by atoms with van der Waals surface area (Å²) in [7, 11) is 0. The predicted octanol–water partition coefficient (Wildman–Crippen LogP) is 2.80. The number of aromatic nitrogens is 1. The van der Waals surface area contributed by atoms with Crippen LogP contribution in [0.1, 0.15) is 34.6 Å². The van der Waals surface area contributed by atoms with Gasteiger partial charge in [0.2, 0.25) is 0 Å². The van der Waals surface area contributed by atoms with Gasteiger partial charge in [0.15, 0.2) is 0 Å². The number of nitrogens with zero attached hydrogens (tertiary/aromatic N) is 2. The number of fused-ring (bicyclic) bond motifs is 1. The molecule has 0 radical (unpaired) electrons. The van der Waals surface area contributed by atoms with Gasteiger partial charge in [-0.1, -0.05) is 30.3 Å². The van der Waals surface area contributed by atoms with Crippen LogP contribution in [0.15, 0.2) is 48.7 Å². The third kappa shape index (κ3) is 1.68. The maximum Gasteiger partial charge on any atom is 0.256 e. The molecule has 1 aromatic heterocycles. The molecular formula is C15H14N2O. The van der Waals surface area contributed by atoms with Crippen LogP contribution in [0.2, 0.25) is 0 Å². The number of amides is 1. The van der Waals surface area contributed by atoms with Crippen LogP contribution < -0.4 is 0 Å². The van der Waals surface area contributed by atoms with Gasteiger partial charge in [-0.25, -0.2) is 0 Å². The Labute approximate surface area is 106 Å². The van der Waals surface area contributed by atoms with Crippen LogP contribution in [-0.4, -0.2) is 15.8 Å². The van der Waals surface area contributed by atoms with Crippen molar-refractivity contribution >= 4 is 5.91 Å². The summed E-state index contributed by atoms with van der Waals surface area (Å²) in [5.41, 5.74) is 2.77. The molecular weight excluding hydrogens is 224 g/mol. The van der Waals surface area contributed by atoms with Crippen molar-refractivity contribution in [3.63, 3.8) is 0 Å². The van der Waals surface area contributed by atoms with Gasteiger partial charge in [0, 0.05) is 6.20 Å². The maximum atomic E-state index is 12.3. The number of carbonyl (C=O) groups excluding carboxylic acids is 1. The molecule has 1 amide bonds. The van der Waals surface area contributed by atoms with Gasteiger partial charge in [-0.05, 0) is 24.6 Å². The Balaban J connectivity index is 1.91. The summed E-state index contributed by atoms with van der Waals surface area (Å²) >= 11 is 0. The van der Waals surface area contributed by atoms with Crippen molar-refractivity contribution in [3.8, 4) is 0 Å². The molecule has 3 nitrogen and oxygen atoms in total. The number of hydrogen-bond donors (Lipinski definition) is 0. The first-order valence-electron chi connectivity index (χ1n) is 6.07. The van der Waals surface area contributed by atoms with Gasteiger partial charge in [-0.3, -0.25) is 9.78 Å². The summed E-state index contributed by atoms with van der Waals surface area (Å²) in [6.45, 7) is 2.66. The molecule has 3 rings (SSSR count). The van der Waals surface area contributed by atoms with E-state index in [0.29, 0.717) is 6.54 Å². The van der Waals surface area contributed by atoms with Crippen LogP contribution in [0.25, 0.3) is 0 Å². The summed E-state index contributed by atoms with van der Waals surface area (Å²) in [6, 6.07) is 13.8. The van der Waals surface area contributed by atoms with Gasteiger partial charge in [0.25, 0.3) is 5.91 Å². The normalized spacial score (nSPS) is 15.6. The summed E-state index contributed by atoms with van der Waals surface area (Å²) in [4.78, 5) is 18.4. The van der Waals surface area contributed by atoms with Crippen molar-refractivity contribution < 1.29 is 4.79 Å². The van der Waals surface area contributed by atoms with Crippen LogP contribution in [0, 0.1) is 0 Å². The van der Waals surface area contributed by atoms with Crippen molar-refractivity contribution in [1.82, 2.24) is 9.88 Å². The Morgan fingerprint density at radius 3 is 2.67 bits per heavy atom. The highest BCUT2D eigenvalue weighted by Crippen LogP contribution is 2.29. The molecule has 1 atom stereocenters. The molecule has 2 aromatic rings. The summed E-state index contributed by atoms with van der Waals surface area (Å²) in [5, 5.41) is 0. The number of hydrogen-bond acceptors (Lipinski definition) is 2. The van der Waals surface area contributed by atoms with Crippen molar-refractivity contribution in [3.05, 3.63) is 65.5 Å². The van der Waals surface area contributed by atoms with E-state index in [2.05, 4.69) is 11.9 Å². The average Bonchev–Trinajstić information content (AvgIpc) is 2.77. The number of carbonyl (C=O) groups is 1. The SMILES string of the molecule is C[C@H](c1ccccc1)N1Cc2ncccc2C1=O. The van der Waals surface area contributed by atoms with Crippen molar-refractivity contribution in [2.24, 2.45) is 0 Å². The van der Waals surface area contributed by atoms with Gasteiger partial charge in [0.1, 0.15) is 0 Å². The minimum absolute atomic E-state index is 0.0768. The lowest BCUT2D eigenvalue weighted by Crippen LogP contribution is -2.27. The molecule has 0 bridgehead atoms. The predicted molar refractivity (Wildman–Crippen MR) is 69.0 cm³/mol. The summed E-state index contributed by atoms with van der Waals surface area (Å²) in [6.07, 6.45) is 1.74. The third-order valence-corrected chi connectivity index (χ3v) is 3.45. The second-order valence-corrected chi connectivity index (χ2v) is 4.52. The van der Waals surface area contributed by atoms with Crippen LogP contribution in [0.5, 0.6) is 0 Å². The molecule has 3 heteroatoms. The zero-order valence-electron chi connectivity index (χ0n) is 10.2. The molecule has 0 N–H and O–H groups in total. The van der Waals surface area contributed by atoms with Crippen LogP contribution >= 0.6 is 0 Å². The lowest BCUT2D eigenvalue weighted by Gasteiger charge is -2.24. The highest BCUT2D eigenvalue weighted by molar-refractivity contribution is 5.97. The van der Waals surface area contributed by atoms with Gasteiger partial charge in [-0.15, -0.1) is 0 Å². The first-order valence-corrected chi connectivity index (χ1v) is 6.07. The Kier molecular flexibility index (Phi) is 2.59. The fourth-order valence-electron chi connectivity index (χ4n) is 2.37. The molecule has 0 aliphatic carbocycles. The van der Waals surface area contributed by atoms with E-state index in [9.17, 15) is 4.79 Å². The van der Waals surface area contributed by atoms with E-state index < -0.39 is 0 Å². The molecule has 0 spiro atoms. The van der Waals surface area contributed by atoms with Gasteiger partial charge < -0.3 is 4.90 Å².